The molecular formula is C34H40N10O8. The number of aromatic amines is 1. The fourth-order valence-electron chi connectivity index (χ4n) is 4.68. The van der Waals surface area contributed by atoms with Gasteiger partial charge in [-0.3, -0.25) is 24.1 Å². The number of pyridine rings is 1. The molecule has 3 unspecified atom stereocenters. The highest BCUT2D eigenvalue weighted by molar-refractivity contribution is 6.07. The third-order valence-corrected chi connectivity index (χ3v) is 7.69. The number of nitrogens with zero attached hydrogens (tertiary/aromatic N) is 4. The molecule has 0 spiro atoms. The normalized spacial score (nSPS) is 13.0. The number of amidine groups is 1. The number of anilines is 2. The number of aromatic nitrogens is 3. The number of carbonyl (C=O) groups excluding carboxylic acids is 5. The van der Waals surface area contributed by atoms with Gasteiger partial charge in [0.1, 0.15) is 23.7 Å². The number of hydrogen-bond donors (Lipinski definition) is 6. The summed E-state index contributed by atoms with van der Waals surface area (Å²) >= 11 is 0. The summed E-state index contributed by atoms with van der Waals surface area (Å²) in [4.78, 5) is 78.9. The molecule has 274 valence electrons. The number of nitrogens with two attached hydrogens (primary N) is 4. The number of oxime groups is 1. The van der Waals surface area contributed by atoms with E-state index < -0.39 is 41.8 Å². The van der Waals surface area contributed by atoms with Crippen LogP contribution in [0.5, 0.6) is 0 Å². The maximum absolute atomic E-state index is 13.5. The molecule has 18 heteroatoms. The van der Waals surface area contributed by atoms with Crippen LogP contribution in [0.2, 0.25) is 0 Å². The maximum atomic E-state index is 13.5. The predicted octanol–water partition coefficient (Wildman–Crippen LogP) is 0.653. The zero-order valence-electron chi connectivity index (χ0n) is 28.5. The number of ether oxygens (including phenoxy) is 2. The first-order valence-corrected chi connectivity index (χ1v) is 16.0. The van der Waals surface area contributed by atoms with Gasteiger partial charge in [-0.25, -0.2) is 14.8 Å². The number of rotatable bonds is 17. The molecule has 0 radical (unpaired) electrons. The second-order valence-electron chi connectivity index (χ2n) is 11.6. The summed E-state index contributed by atoms with van der Waals surface area (Å²) in [6, 6.07) is 14.7. The molecule has 0 aliphatic carbocycles. The molecule has 52 heavy (non-hydrogen) atoms. The number of carbonyl (C=O) groups is 5. The fraction of sp³-hybridized carbons (Fsp3) is 0.294. The molecule has 0 bridgehead atoms. The Balaban J connectivity index is 1.31. The molecular weight excluding hydrogens is 676 g/mol. The summed E-state index contributed by atoms with van der Waals surface area (Å²) in [5, 5.41) is 6.91. The summed E-state index contributed by atoms with van der Waals surface area (Å²) in [5.74, 6) is -3.03. The monoisotopic (exact) mass is 716 g/mol. The maximum Gasteiger partial charge on any atom is 0.352 e. The zero-order valence-corrected chi connectivity index (χ0v) is 28.5. The van der Waals surface area contributed by atoms with Gasteiger partial charge in [-0.05, 0) is 54.6 Å². The minimum absolute atomic E-state index is 0.00382. The van der Waals surface area contributed by atoms with Crippen molar-refractivity contribution in [1.82, 2.24) is 15.0 Å². The lowest BCUT2D eigenvalue weighted by Crippen LogP contribution is -2.42. The molecule has 2 heterocycles. The number of methoxy groups -OCH3 is 1. The van der Waals surface area contributed by atoms with Crippen LogP contribution in [0.1, 0.15) is 41.5 Å². The largest absolute Gasteiger partial charge is 0.469 e. The standard InChI is InChI=1S/C34H40N10O8/c1-19(18-51-33(48)23(35)16-26(36)45)30(37)34(49)52-43-31(38)20-6-9-22(10-7-20)40-17-27-41-24-11-8-21(15-25(24)42-27)32(47)44(14-12-29(46)50-2)28-5-3-4-13-39-28/h3-11,13,15,19,23,30,40H,12,14,16-18,35,37H2,1-2H3,(H2,36,45)(H2,38,43)(H,41,42). The van der Waals surface area contributed by atoms with Crippen LogP contribution in [-0.4, -0.2) is 82.9 Å². The summed E-state index contributed by atoms with van der Waals surface area (Å²) in [7, 11) is 1.29. The molecule has 0 saturated heterocycles. The lowest BCUT2D eigenvalue weighted by atomic mass is 10.0. The minimum Gasteiger partial charge on any atom is -0.469 e. The van der Waals surface area contributed by atoms with Gasteiger partial charge >= 0.3 is 17.9 Å². The Bertz CT molecular complexity index is 1920. The highest BCUT2D eigenvalue weighted by atomic mass is 16.7. The van der Waals surface area contributed by atoms with Crippen molar-refractivity contribution in [3.63, 3.8) is 0 Å². The Morgan fingerprint density at radius 3 is 2.38 bits per heavy atom. The molecule has 4 aromatic rings. The van der Waals surface area contributed by atoms with Gasteiger partial charge in [-0.2, -0.15) is 0 Å². The molecule has 10 N–H and O–H groups in total. The van der Waals surface area contributed by atoms with E-state index in [2.05, 4.69) is 25.4 Å². The first-order valence-electron chi connectivity index (χ1n) is 16.0. The third kappa shape index (κ3) is 10.6. The molecule has 3 atom stereocenters. The first kappa shape index (κ1) is 38.4. The van der Waals surface area contributed by atoms with Gasteiger partial charge in [0.25, 0.3) is 5.91 Å². The van der Waals surface area contributed by atoms with Crippen molar-refractivity contribution in [3.8, 4) is 0 Å². The van der Waals surface area contributed by atoms with Gasteiger partial charge in [-0.15, -0.1) is 0 Å². The van der Waals surface area contributed by atoms with Crippen molar-refractivity contribution >= 4 is 58.1 Å². The molecule has 0 aliphatic heterocycles. The predicted molar refractivity (Wildman–Crippen MR) is 189 cm³/mol. The lowest BCUT2D eigenvalue weighted by molar-refractivity contribution is -0.152. The minimum atomic E-state index is -1.22. The van der Waals surface area contributed by atoms with Crippen LogP contribution in [0.25, 0.3) is 11.0 Å². The molecule has 2 aromatic carbocycles. The van der Waals surface area contributed by atoms with E-state index in [-0.39, 0.29) is 37.7 Å². The quantitative estimate of drug-likeness (QED) is 0.0288. The van der Waals surface area contributed by atoms with E-state index in [0.29, 0.717) is 40.3 Å². The van der Waals surface area contributed by atoms with Crippen LogP contribution in [0.3, 0.4) is 0 Å². The van der Waals surface area contributed by atoms with Crippen molar-refractivity contribution in [3.05, 3.63) is 83.8 Å². The van der Waals surface area contributed by atoms with Gasteiger partial charge in [0.15, 0.2) is 5.84 Å². The van der Waals surface area contributed by atoms with E-state index in [9.17, 15) is 24.0 Å². The van der Waals surface area contributed by atoms with Gasteiger partial charge in [-0.1, -0.05) is 18.1 Å². The average Bonchev–Trinajstić information content (AvgIpc) is 3.57. The molecule has 0 saturated carbocycles. The van der Waals surface area contributed by atoms with Crippen LogP contribution in [0.15, 0.2) is 72.0 Å². The van der Waals surface area contributed by atoms with Crippen molar-refractivity contribution in [2.24, 2.45) is 34.0 Å². The van der Waals surface area contributed by atoms with E-state index in [0.717, 1.165) is 5.69 Å². The number of amides is 2. The average molecular weight is 717 g/mol. The Hall–Kier alpha value is -6.40. The molecule has 0 fully saturated rings. The second kappa shape index (κ2) is 18.0. The molecule has 4 rings (SSSR count). The summed E-state index contributed by atoms with van der Waals surface area (Å²) < 4.78 is 9.74. The Labute approximate surface area is 297 Å². The van der Waals surface area contributed by atoms with Crippen molar-refractivity contribution < 1.29 is 38.3 Å². The van der Waals surface area contributed by atoms with Crippen LogP contribution in [-0.2, 0) is 40.0 Å². The number of fused-ring (bicyclic) bond motifs is 1. The van der Waals surface area contributed by atoms with Gasteiger partial charge in [0.05, 0.1) is 44.1 Å². The topological polar surface area (TPSA) is 286 Å². The number of hydrogen-bond acceptors (Lipinski definition) is 14. The molecule has 2 aromatic heterocycles. The third-order valence-electron chi connectivity index (χ3n) is 7.69. The highest BCUT2D eigenvalue weighted by Gasteiger charge is 2.26. The Morgan fingerprint density at radius 2 is 1.71 bits per heavy atom. The number of nitrogens with one attached hydrogen (secondary N) is 2. The van der Waals surface area contributed by atoms with Gasteiger partial charge < -0.3 is 47.5 Å². The lowest BCUT2D eigenvalue weighted by Gasteiger charge is -2.21. The van der Waals surface area contributed by atoms with Gasteiger partial charge in [0, 0.05) is 35.5 Å². The molecule has 0 aliphatic rings. The van der Waals surface area contributed by atoms with Crippen LogP contribution in [0.4, 0.5) is 11.5 Å². The fourth-order valence-corrected chi connectivity index (χ4v) is 4.68. The molecule has 18 nitrogen and oxygen atoms in total. The van der Waals surface area contributed by atoms with Gasteiger partial charge in [0.2, 0.25) is 5.91 Å². The Kier molecular flexibility index (Phi) is 13.3. The van der Waals surface area contributed by atoms with Crippen LogP contribution >= 0.6 is 0 Å². The summed E-state index contributed by atoms with van der Waals surface area (Å²) in [5.41, 5.74) is 25.3. The molecule has 2 amide bonds. The van der Waals surface area contributed by atoms with E-state index in [1.165, 1.54) is 12.0 Å². The van der Waals surface area contributed by atoms with Crippen molar-refractivity contribution in [2.75, 3.05) is 30.5 Å². The highest BCUT2D eigenvalue weighted by Crippen LogP contribution is 2.20. The zero-order chi connectivity index (χ0) is 37.8. The van der Waals surface area contributed by atoms with E-state index >= 15 is 0 Å². The number of primary amides is 1. The first-order chi connectivity index (χ1) is 24.9. The SMILES string of the molecule is COC(=O)CCN(C(=O)c1ccc2nc(CNc3ccc(/C(N)=N/OC(=O)C(N)C(C)COC(=O)C(N)CC(N)=O)cc3)[nH]c2c1)c1ccccn1. The Morgan fingerprint density at radius 1 is 0.981 bits per heavy atom. The smallest absolute Gasteiger partial charge is 0.352 e. The van der Waals surface area contributed by atoms with Crippen molar-refractivity contribution in [1.29, 1.82) is 0 Å². The van der Waals surface area contributed by atoms with E-state index in [4.69, 9.17) is 37.2 Å². The number of benzene rings is 2. The summed E-state index contributed by atoms with van der Waals surface area (Å²) in [6.45, 7) is 1.71. The van der Waals surface area contributed by atoms with E-state index in [1.54, 1.807) is 73.8 Å². The number of esters is 2. The van der Waals surface area contributed by atoms with Crippen LogP contribution in [0, 0.1) is 5.92 Å². The van der Waals surface area contributed by atoms with Crippen LogP contribution < -0.4 is 33.2 Å². The number of imidazole rings is 1. The summed E-state index contributed by atoms with van der Waals surface area (Å²) in [6.07, 6.45) is 1.19. The number of H-pyrrole nitrogens is 1. The second-order valence-corrected chi connectivity index (χ2v) is 11.6. The van der Waals surface area contributed by atoms with E-state index in [1.807, 2.05) is 0 Å². The van der Waals surface area contributed by atoms with Crippen molar-refractivity contribution in [2.45, 2.75) is 38.4 Å².